The second-order valence-electron chi connectivity index (χ2n) is 6.19. The van der Waals surface area contributed by atoms with Crippen molar-refractivity contribution in [1.29, 1.82) is 0 Å². The molecular formula is C15H24OS. The molecule has 1 aliphatic rings. The van der Waals surface area contributed by atoms with Crippen molar-refractivity contribution in [1.82, 2.24) is 0 Å². The van der Waals surface area contributed by atoms with Gasteiger partial charge in [0.1, 0.15) is 0 Å². The van der Waals surface area contributed by atoms with Crippen molar-refractivity contribution < 1.29 is 5.11 Å². The van der Waals surface area contributed by atoms with Crippen molar-refractivity contribution in [2.75, 3.05) is 0 Å². The highest BCUT2D eigenvalue weighted by atomic mass is 32.1. The van der Waals surface area contributed by atoms with Crippen LogP contribution >= 0.6 is 11.3 Å². The largest absolute Gasteiger partial charge is 0.393 e. The molecule has 0 aliphatic heterocycles. The summed E-state index contributed by atoms with van der Waals surface area (Å²) in [5, 5.41) is 12.4. The summed E-state index contributed by atoms with van der Waals surface area (Å²) < 4.78 is 0. The van der Waals surface area contributed by atoms with Crippen LogP contribution in [0.25, 0.3) is 0 Å². The van der Waals surface area contributed by atoms with Crippen LogP contribution in [0.5, 0.6) is 0 Å². The average Bonchev–Trinajstić information content (AvgIpc) is 2.78. The van der Waals surface area contributed by atoms with Crippen molar-refractivity contribution in [2.24, 2.45) is 11.3 Å². The molecule has 1 aromatic rings. The minimum Gasteiger partial charge on any atom is -0.393 e. The van der Waals surface area contributed by atoms with E-state index in [-0.39, 0.29) is 6.10 Å². The maximum atomic E-state index is 10.2. The lowest BCUT2D eigenvalue weighted by molar-refractivity contribution is 0.0519. The summed E-state index contributed by atoms with van der Waals surface area (Å²) in [7, 11) is 0. The van der Waals surface area contributed by atoms with Gasteiger partial charge in [0.05, 0.1) is 6.10 Å². The summed E-state index contributed by atoms with van der Waals surface area (Å²) in [4.78, 5) is 1.40. The Bertz CT molecular complexity index is 319. The van der Waals surface area contributed by atoms with Gasteiger partial charge in [0.2, 0.25) is 0 Å². The van der Waals surface area contributed by atoms with E-state index in [9.17, 15) is 5.11 Å². The van der Waals surface area contributed by atoms with Gasteiger partial charge in [-0.05, 0) is 61.3 Å². The van der Waals surface area contributed by atoms with Crippen molar-refractivity contribution in [3.05, 3.63) is 22.4 Å². The Hall–Kier alpha value is -0.340. The van der Waals surface area contributed by atoms with Gasteiger partial charge in [-0.1, -0.05) is 19.9 Å². The molecule has 1 fully saturated rings. The van der Waals surface area contributed by atoms with E-state index in [1.54, 1.807) is 11.3 Å². The highest BCUT2D eigenvalue weighted by molar-refractivity contribution is 7.09. The van der Waals surface area contributed by atoms with E-state index in [2.05, 4.69) is 31.4 Å². The van der Waals surface area contributed by atoms with Crippen LogP contribution in [0.3, 0.4) is 0 Å². The van der Waals surface area contributed by atoms with E-state index in [0.717, 1.165) is 12.8 Å². The normalized spacial score (nSPS) is 22.5. The first-order chi connectivity index (χ1) is 8.07. The fourth-order valence-electron chi connectivity index (χ4n) is 2.79. The first-order valence-electron chi connectivity index (χ1n) is 6.77. The molecule has 1 unspecified atom stereocenters. The number of hydrogen-bond acceptors (Lipinski definition) is 2. The fraction of sp³-hybridized carbons (Fsp3) is 0.733. The lowest BCUT2D eigenvalue weighted by atomic mass is 9.71. The van der Waals surface area contributed by atoms with Gasteiger partial charge in [-0.2, -0.15) is 0 Å². The number of rotatable bonds is 4. The van der Waals surface area contributed by atoms with E-state index in [0.29, 0.717) is 11.3 Å². The van der Waals surface area contributed by atoms with Crippen molar-refractivity contribution in [3.8, 4) is 0 Å². The van der Waals surface area contributed by atoms with Crippen molar-refractivity contribution in [3.63, 3.8) is 0 Å². The van der Waals surface area contributed by atoms with Gasteiger partial charge in [-0.15, -0.1) is 11.3 Å². The molecule has 0 aromatic carbocycles. The maximum Gasteiger partial charge on any atom is 0.0571 e. The van der Waals surface area contributed by atoms with E-state index in [4.69, 9.17) is 0 Å². The fourth-order valence-corrected chi connectivity index (χ4v) is 3.51. The smallest absolute Gasteiger partial charge is 0.0571 e. The van der Waals surface area contributed by atoms with E-state index >= 15 is 0 Å². The minimum absolute atomic E-state index is 0.0896. The van der Waals surface area contributed by atoms with Crippen LogP contribution in [0.4, 0.5) is 0 Å². The van der Waals surface area contributed by atoms with Crippen molar-refractivity contribution >= 4 is 11.3 Å². The van der Waals surface area contributed by atoms with Gasteiger partial charge in [0, 0.05) is 4.88 Å². The number of aliphatic hydroxyl groups excluding tert-OH is 1. The molecule has 0 saturated heterocycles. The molecule has 0 bridgehead atoms. The standard InChI is InChI=1S/C15H24OS/c1-15(2)9-7-12(8-10-15)14(16)6-5-13-4-3-11-17-13/h3-4,11-12,14,16H,5-10H2,1-2H3. The molecule has 17 heavy (non-hydrogen) atoms. The summed E-state index contributed by atoms with van der Waals surface area (Å²) in [6, 6.07) is 4.26. The van der Waals surface area contributed by atoms with E-state index < -0.39 is 0 Å². The third kappa shape index (κ3) is 3.82. The zero-order valence-corrected chi connectivity index (χ0v) is 11.8. The van der Waals surface area contributed by atoms with Crippen molar-refractivity contribution in [2.45, 2.75) is 58.5 Å². The molecule has 1 aromatic heterocycles. The Kier molecular flexibility index (Phi) is 4.26. The maximum absolute atomic E-state index is 10.2. The lowest BCUT2D eigenvalue weighted by Gasteiger charge is -2.36. The summed E-state index contributed by atoms with van der Waals surface area (Å²) in [6.45, 7) is 4.70. The van der Waals surface area contributed by atoms with Gasteiger partial charge in [-0.25, -0.2) is 0 Å². The van der Waals surface area contributed by atoms with Crippen LogP contribution in [-0.4, -0.2) is 11.2 Å². The van der Waals surface area contributed by atoms with Crippen LogP contribution in [0, 0.1) is 11.3 Å². The van der Waals surface area contributed by atoms with Crippen LogP contribution in [0.15, 0.2) is 17.5 Å². The predicted molar refractivity (Wildman–Crippen MR) is 74.4 cm³/mol. The quantitative estimate of drug-likeness (QED) is 0.849. The highest BCUT2D eigenvalue weighted by Crippen LogP contribution is 2.39. The average molecular weight is 252 g/mol. The van der Waals surface area contributed by atoms with Crippen LogP contribution in [0.2, 0.25) is 0 Å². The van der Waals surface area contributed by atoms with Gasteiger partial charge in [-0.3, -0.25) is 0 Å². The SMILES string of the molecule is CC1(C)CCC(C(O)CCc2cccs2)CC1. The molecule has 2 rings (SSSR count). The number of aliphatic hydroxyl groups is 1. The topological polar surface area (TPSA) is 20.2 Å². The number of thiophene rings is 1. The molecule has 0 amide bonds. The van der Waals surface area contributed by atoms with Crippen LogP contribution in [0.1, 0.15) is 50.8 Å². The summed E-state index contributed by atoms with van der Waals surface area (Å²) >= 11 is 1.80. The Morgan fingerprint density at radius 3 is 2.71 bits per heavy atom. The molecule has 1 atom stereocenters. The minimum atomic E-state index is -0.0896. The van der Waals surface area contributed by atoms with Gasteiger partial charge < -0.3 is 5.11 Å². The molecule has 1 N–H and O–H groups in total. The predicted octanol–water partition coefficient (Wildman–Crippen LogP) is 4.26. The summed E-state index contributed by atoms with van der Waals surface area (Å²) in [5.74, 6) is 0.544. The Balaban J connectivity index is 1.75. The van der Waals surface area contributed by atoms with Crippen LogP contribution < -0.4 is 0 Å². The second kappa shape index (κ2) is 5.53. The molecule has 0 radical (unpaired) electrons. The number of hydrogen-bond donors (Lipinski definition) is 1. The molecular weight excluding hydrogens is 228 g/mol. The molecule has 2 heteroatoms. The summed E-state index contributed by atoms with van der Waals surface area (Å²) in [5.41, 5.74) is 0.504. The first-order valence-corrected chi connectivity index (χ1v) is 7.65. The molecule has 1 nitrogen and oxygen atoms in total. The van der Waals surface area contributed by atoms with Gasteiger partial charge >= 0.3 is 0 Å². The van der Waals surface area contributed by atoms with Gasteiger partial charge in [0.25, 0.3) is 0 Å². The van der Waals surface area contributed by atoms with Crippen LogP contribution in [-0.2, 0) is 6.42 Å². The number of aryl methyl sites for hydroxylation is 1. The first kappa shape index (κ1) is 13.1. The summed E-state index contributed by atoms with van der Waals surface area (Å²) in [6.07, 6.45) is 6.84. The zero-order chi connectivity index (χ0) is 12.3. The Labute approximate surface area is 109 Å². The Morgan fingerprint density at radius 1 is 1.41 bits per heavy atom. The lowest BCUT2D eigenvalue weighted by Crippen LogP contribution is -2.29. The molecule has 0 spiro atoms. The molecule has 1 saturated carbocycles. The molecule has 1 heterocycles. The third-order valence-electron chi connectivity index (χ3n) is 4.19. The van der Waals surface area contributed by atoms with Gasteiger partial charge in [0.15, 0.2) is 0 Å². The molecule has 1 aliphatic carbocycles. The van der Waals surface area contributed by atoms with E-state index in [1.165, 1.54) is 30.6 Å². The Morgan fingerprint density at radius 2 is 2.12 bits per heavy atom. The zero-order valence-electron chi connectivity index (χ0n) is 11.0. The van der Waals surface area contributed by atoms with E-state index in [1.807, 2.05) is 0 Å². The highest BCUT2D eigenvalue weighted by Gasteiger charge is 2.30. The monoisotopic (exact) mass is 252 g/mol. The third-order valence-corrected chi connectivity index (χ3v) is 5.13. The second-order valence-corrected chi connectivity index (χ2v) is 7.22. The molecule has 96 valence electrons.